The van der Waals surface area contributed by atoms with E-state index in [4.69, 9.17) is 4.74 Å². The van der Waals surface area contributed by atoms with Crippen molar-refractivity contribution in [3.8, 4) is 5.75 Å². The molecule has 0 spiro atoms. The van der Waals surface area contributed by atoms with Crippen molar-refractivity contribution in [1.82, 2.24) is 0 Å². The number of carbonyl (C=O) groups excluding carboxylic acids is 1. The van der Waals surface area contributed by atoms with Gasteiger partial charge in [-0.1, -0.05) is 18.2 Å². The molecule has 5 rings (SSSR count). The number of carbonyl (C=O) groups is 1. The molecule has 1 unspecified atom stereocenters. The number of hydrogen-bond donors (Lipinski definition) is 1. The third-order valence-corrected chi connectivity index (χ3v) is 7.40. The molecule has 1 N–H and O–H groups in total. The van der Waals surface area contributed by atoms with Crippen LogP contribution in [0.5, 0.6) is 5.75 Å². The minimum atomic E-state index is -4.52. The highest BCUT2D eigenvalue weighted by atomic mass is 32.2. The number of rotatable bonds is 4. The smallest absolute Gasteiger partial charge is 0.332 e. The molecule has 4 aliphatic rings. The number of para-hydroxylation sites is 1. The Morgan fingerprint density at radius 1 is 1.04 bits per heavy atom. The summed E-state index contributed by atoms with van der Waals surface area (Å²) in [5.74, 6) is 0.895. The average Bonchev–Trinajstić information content (AvgIpc) is 2.44. The van der Waals surface area contributed by atoms with Gasteiger partial charge in [0.1, 0.15) is 5.75 Å². The first kappa shape index (κ1) is 16.1. The van der Waals surface area contributed by atoms with E-state index >= 15 is 0 Å². The zero-order chi connectivity index (χ0) is 16.9. The van der Waals surface area contributed by atoms with E-state index in [0.29, 0.717) is 42.8 Å². The molecule has 4 aliphatic carbocycles. The van der Waals surface area contributed by atoms with E-state index in [1.54, 1.807) is 30.3 Å². The zero-order valence-electron chi connectivity index (χ0n) is 13.4. The largest absolute Gasteiger partial charge is 0.425 e. The van der Waals surface area contributed by atoms with Gasteiger partial charge in [-0.3, -0.25) is 9.35 Å². The van der Waals surface area contributed by atoms with E-state index < -0.39 is 26.8 Å². The number of hydrogen-bond acceptors (Lipinski definition) is 4. The zero-order valence-corrected chi connectivity index (χ0v) is 14.2. The number of ether oxygens (including phenoxy) is 1. The standard InChI is InChI=1S/C18H22O5S/c19-17(23-15-4-2-1-3-5-15)16(24(20,21)22)18-9-12-6-13(10-18)8-14(7-12)11-18/h1-5,12-14,16H,6-11H2,(H,20,21,22). The normalized spacial score (nSPS) is 35.6. The molecular weight excluding hydrogens is 328 g/mol. The molecule has 6 heteroatoms. The van der Waals surface area contributed by atoms with Gasteiger partial charge in [0, 0.05) is 5.41 Å². The van der Waals surface area contributed by atoms with Gasteiger partial charge in [0.2, 0.25) is 0 Å². The predicted octanol–water partition coefficient (Wildman–Crippen LogP) is 3.06. The van der Waals surface area contributed by atoms with Crippen LogP contribution < -0.4 is 4.74 Å². The molecule has 0 amide bonds. The van der Waals surface area contributed by atoms with E-state index in [9.17, 15) is 17.8 Å². The first-order chi connectivity index (χ1) is 11.4. The summed E-state index contributed by atoms with van der Waals surface area (Å²) in [6, 6.07) is 8.44. The fourth-order valence-electron chi connectivity index (χ4n) is 5.84. The van der Waals surface area contributed by atoms with E-state index in [-0.39, 0.29) is 0 Å². The molecule has 24 heavy (non-hydrogen) atoms. The molecule has 1 atom stereocenters. The summed E-state index contributed by atoms with van der Waals surface area (Å²) in [4.78, 5) is 12.7. The second-order valence-corrected chi connectivity index (χ2v) is 9.41. The fourth-order valence-corrected chi connectivity index (χ4v) is 7.06. The minimum Gasteiger partial charge on any atom is -0.425 e. The van der Waals surface area contributed by atoms with Gasteiger partial charge in [-0.2, -0.15) is 8.42 Å². The van der Waals surface area contributed by atoms with Gasteiger partial charge >= 0.3 is 5.97 Å². The number of esters is 1. The first-order valence-electron chi connectivity index (χ1n) is 8.59. The van der Waals surface area contributed by atoms with Crippen molar-refractivity contribution in [3.63, 3.8) is 0 Å². The lowest BCUT2D eigenvalue weighted by molar-refractivity contribution is -0.142. The average molecular weight is 350 g/mol. The van der Waals surface area contributed by atoms with Gasteiger partial charge in [-0.15, -0.1) is 0 Å². The summed E-state index contributed by atoms with van der Waals surface area (Å²) >= 11 is 0. The van der Waals surface area contributed by atoms with Crippen LogP contribution in [0.4, 0.5) is 0 Å². The molecule has 130 valence electrons. The van der Waals surface area contributed by atoms with Crippen LogP contribution in [-0.4, -0.2) is 24.2 Å². The van der Waals surface area contributed by atoms with Crippen LogP contribution in [-0.2, 0) is 14.9 Å². The highest BCUT2D eigenvalue weighted by Gasteiger charge is 2.60. The Morgan fingerprint density at radius 3 is 2.00 bits per heavy atom. The van der Waals surface area contributed by atoms with Crippen molar-refractivity contribution < 1.29 is 22.5 Å². The fraction of sp³-hybridized carbons (Fsp3) is 0.611. The molecule has 4 saturated carbocycles. The van der Waals surface area contributed by atoms with Crippen molar-refractivity contribution in [3.05, 3.63) is 30.3 Å². The lowest BCUT2D eigenvalue weighted by atomic mass is 9.48. The van der Waals surface area contributed by atoms with Crippen molar-refractivity contribution in [2.24, 2.45) is 23.2 Å². The molecule has 0 radical (unpaired) electrons. The van der Waals surface area contributed by atoms with E-state index in [1.165, 1.54) is 0 Å². The highest BCUT2D eigenvalue weighted by molar-refractivity contribution is 7.87. The van der Waals surface area contributed by atoms with Crippen molar-refractivity contribution in [1.29, 1.82) is 0 Å². The maximum Gasteiger partial charge on any atom is 0.332 e. The monoisotopic (exact) mass is 350 g/mol. The van der Waals surface area contributed by atoms with Gasteiger partial charge in [0.25, 0.3) is 10.1 Å². The lowest BCUT2D eigenvalue weighted by Crippen LogP contribution is -2.57. The van der Waals surface area contributed by atoms with E-state index in [0.717, 1.165) is 19.3 Å². The van der Waals surface area contributed by atoms with Crippen molar-refractivity contribution in [2.75, 3.05) is 0 Å². The molecule has 0 aromatic heterocycles. The maximum absolute atomic E-state index is 12.7. The third-order valence-electron chi connectivity index (χ3n) is 6.12. The SMILES string of the molecule is O=C(Oc1ccccc1)C(C12CC3CC(CC(C3)C1)C2)S(=O)(=O)O. The van der Waals surface area contributed by atoms with Crippen LogP contribution in [0.1, 0.15) is 38.5 Å². The van der Waals surface area contributed by atoms with Gasteiger partial charge < -0.3 is 4.74 Å². The summed E-state index contributed by atoms with van der Waals surface area (Å²) in [5, 5.41) is -1.47. The molecule has 4 bridgehead atoms. The summed E-state index contributed by atoms with van der Waals surface area (Å²) in [5.41, 5.74) is -0.659. The van der Waals surface area contributed by atoms with Crippen molar-refractivity contribution in [2.45, 2.75) is 43.8 Å². The maximum atomic E-state index is 12.7. The Hall–Kier alpha value is -1.40. The number of benzene rings is 1. The van der Waals surface area contributed by atoms with Crippen LogP contribution in [0.2, 0.25) is 0 Å². The molecule has 0 saturated heterocycles. The molecule has 5 nitrogen and oxygen atoms in total. The molecule has 0 heterocycles. The van der Waals surface area contributed by atoms with E-state index in [2.05, 4.69) is 0 Å². The first-order valence-corrected chi connectivity index (χ1v) is 10.1. The Bertz CT molecular complexity index is 705. The summed E-state index contributed by atoms with van der Waals surface area (Å²) in [7, 11) is -4.52. The highest BCUT2D eigenvalue weighted by Crippen LogP contribution is 2.62. The minimum absolute atomic E-state index is 0.306. The van der Waals surface area contributed by atoms with Gasteiger partial charge in [-0.25, -0.2) is 0 Å². The molecule has 1 aromatic rings. The molecule has 0 aliphatic heterocycles. The van der Waals surface area contributed by atoms with Gasteiger partial charge in [-0.05, 0) is 68.4 Å². The van der Waals surface area contributed by atoms with Crippen LogP contribution in [0, 0.1) is 23.2 Å². The summed E-state index contributed by atoms with van der Waals surface area (Å²) in [6.07, 6.45) is 5.50. The Labute approximate surface area is 142 Å². The molecule has 4 fully saturated rings. The van der Waals surface area contributed by atoms with Crippen LogP contribution in [0.3, 0.4) is 0 Å². The van der Waals surface area contributed by atoms with Crippen molar-refractivity contribution >= 4 is 16.1 Å². The molecule has 1 aromatic carbocycles. The topological polar surface area (TPSA) is 80.7 Å². The Kier molecular flexibility index (Phi) is 3.73. The second-order valence-electron chi connectivity index (χ2n) is 7.91. The quantitative estimate of drug-likeness (QED) is 0.513. The lowest BCUT2D eigenvalue weighted by Gasteiger charge is -2.57. The molecular formula is C18H22O5S. The Morgan fingerprint density at radius 2 is 1.54 bits per heavy atom. The van der Waals surface area contributed by atoms with Crippen LogP contribution in [0.25, 0.3) is 0 Å². The summed E-state index contributed by atoms with van der Waals surface area (Å²) < 4.78 is 39.4. The van der Waals surface area contributed by atoms with Crippen LogP contribution >= 0.6 is 0 Å². The second kappa shape index (κ2) is 5.56. The summed E-state index contributed by atoms with van der Waals surface area (Å²) in [6.45, 7) is 0. The van der Waals surface area contributed by atoms with E-state index in [1.807, 2.05) is 0 Å². The third kappa shape index (κ3) is 2.75. The predicted molar refractivity (Wildman–Crippen MR) is 88.0 cm³/mol. The van der Waals surface area contributed by atoms with Gasteiger partial charge in [0.05, 0.1) is 0 Å². The van der Waals surface area contributed by atoms with Gasteiger partial charge in [0.15, 0.2) is 5.25 Å². The Balaban J connectivity index is 1.66. The van der Waals surface area contributed by atoms with Crippen LogP contribution in [0.15, 0.2) is 30.3 Å².